The second kappa shape index (κ2) is 9.45. The highest BCUT2D eigenvalue weighted by molar-refractivity contribution is 9.10. The van der Waals surface area contributed by atoms with Crippen LogP contribution in [0.5, 0.6) is 0 Å². The van der Waals surface area contributed by atoms with Crippen LogP contribution in [0.1, 0.15) is 54.4 Å². The standard InChI is InChI=1S/C38H22BrN3O4/c1-20-32(29(46-41-20)19-18-21-10-2-8-16-27(21)39)42-33-22-11-3-5-13-24(22)35(43)30(33)38(26-15-7-9-17-28(26)40-37(38)45)31-34(42)23-12-4-6-14-25(23)36(31)44/h2-19H,1H3,(H,40,45)/b19-18+. The van der Waals surface area contributed by atoms with E-state index in [0.29, 0.717) is 62.0 Å². The first-order chi connectivity index (χ1) is 22.4. The van der Waals surface area contributed by atoms with Gasteiger partial charge < -0.3 is 14.7 Å². The number of aromatic nitrogens is 1. The maximum Gasteiger partial charge on any atom is 0.244 e. The highest BCUT2D eigenvalue weighted by atomic mass is 79.9. The molecule has 46 heavy (non-hydrogen) atoms. The third-order valence-corrected chi connectivity index (χ3v) is 10.0. The number of hydrogen-bond acceptors (Lipinski definition) is 6. The van der Waals surface area contributed by atoms with Crippen LogP contribution in [0, 0.1) is 6.92 Å². The first-order valence-electron chi connectivity index (χ1n) is 14.8. The SMILES string of the molecule is Cc1noc(/C=C/c2ccccc2Br)c1N1C2=C(C(=O)c3ccccc32)C2(C(=O)Nc3ccccc32)C2=C1c1ccccc1C2=O. The highest BCUT2D eigenvalue weighted by Crippen LogP contribution is 2.63. The van der Waals surface area contributed by atoms with Gasteiger partial charge in [-0.2, -0.15) is 0 Å². The Hall–Kier alpha value is -5.60. The zero-order valence-electron chi connectivity index (χ0n) is 24.3. The number of ketones is 2. The number of amides is 1. The Kier molecular flexibility index (Phi) is 5.50. The van der Waals surface area contributed by atoms with Gasteiger partial charge in [0.15, 0.2) is 17.3 Å². The lowest BCUT2D eigenvalue weighted by Gasteiger charge is -2.40. The van der Waals surface area contributed by atoms with Gasteiger partial charge in [-0.25, -0.2) is 0 Å². The third kappa shape index (κ3) is 3.26. The quantitative estimate of drug-likeness (QED) is 0.211. The summed E-state index contributed by atoms with van der Waals surface area (Å²) in [6.45, 7) is 1.84. The maximum atomic E-state index is 14.7. The van der Waals surface area contributed by atoms with E-state index >= 15 is 0 Å². The number of carbonyl (C=O) groups excluding carboxylic acids is 3. The monoisotopic (exact) mass is 663 g/mol. The summed E-state index contributed by atoms with van der Waals surface area (Å²) in [5.41, 5.74) is 5.42. The van der Waals surface area contributed by atoms with E-state index < -0.39 is 11.3 Å². The van der Waals surface area contributed by atoms with Crippen molar-refractivity contribution >= 4 is 68.3 Å². The van der Waals surface area contributed by atoms with Crippen molar-refractivity contribution in [2.24, 2.45) is 0 Å². The van der Waals surface area contributed by atoms with E-state index in [-0.39, 0.29) is 22.7 Å². The number of fused-ring (bicyclic) bond motifs is 8. The number of aryl methyl sites for hydroxylation is 1. The van der Waals surface area contributed by atoms with Crippen molar-refractivity contribution in [3.63, 3.8) is 0 Å². The van der Waals surface area contributed by atoms with Crippen molar-refractivity contribution in [3.8, 4) is 0 Å². The molecule has 9 rings (SSSR count). The number of benzene rings is 4. The van der Waals surface area contributed by atoms with Crippen LogP contribution in [0.3, 0.4) is 0 Å². The molecule has 1 aromatic heterocycles. The van der Waals surface area contributed by atoms with Crippen molar-refractivity contribution in [1.82, 2.24) is 5.16 Å². The number of nitrogens with zero attached hydrogens (tertiary/aromatic N) is 2. The maximum absolute atomic E-state index is 14.7. The summed E-state index contributed by atoms with van der Waals surface area (Å²) in [4.78, 5) is 45.9. The molecule has 2 aliphatic carbocycles. The molecule has 0 saturated heterocycles. The topological polar surface area (TPSA) is 92.5 Å². The molecule has 0 unspecified atom stereocenters. The Morgan fingerprint density at radius 1 is 0.739 bits per heavy atom. The molecular weight excluding hydrogens is 642 g/mol. The average Bonchev–Trinajstić information content (AvgIpc) is 3.77. The molecule has 1 N–H and O–H groups in total. The normalized spacial score (nSPS) is 17.1. The van der Waals surface area contributed by atoms with Crippen molar-refractivity contribution < 1.29 is 18.9 Å². The summed E-state index contributed by atoms with van der Waals surface area (Å²) in [6.07, 6.45) is 3.76. The Morgan fingerprint density at radius 3 is 1.96 bits per heavy atom. The van der Waals surface area contributed by atoms with Crippen molar-refractivity contribution in [3.05, 3.63) is 158 Å². The fourth-order valence-corrected chi connectivity index (χ4v) is 7.86. The van der Waals surface area contributed by atoms with E-state index in [0.717, 1.165) is 10.0 Å². The fraction of sp³-hybridized carbons (Fsp3) is 0.0526. The molecular formula is C38H22BrN3O4. The van der Waals surface area contributed by atoms with Crippen LogP contribution >= 0.6 is 15.9 Å². The van der Waals surface area contributed by atoms with Crippen molar-refractivity contribution in [2.75, 3.05) is 10.2 Å². The van der Waals surface area contributed by atoms with Gasteiger partial charge in [-0.15, -0.1) is 0 Å². The van der Waals surface area contributed by atoms with Gasteiger partial charge in [0.05, 0.1) is 11.4 Å². The van der Waals surface area contributed by atoms with Gasteiger partial charge in [-0.3, -0.25) is 14.4 Å². The molecule has 3 heterocycles. The minimum absolute atomic E-state index is 0.248. The molecule has 7 nitrogen and oxygen atoms in total. The molecule has 2 aliphatic heterocycles. The molecule has 0 atom stereocenters. The number of anilines is 2. The highest BCUT2D eigenvalue weighted by Gasteiger charge is 2.65. The van der Waals surface area contributed by atoms with Crippen LogP contribution in [0.15, 0.2) is 117 Å². The molecule has 1 amide bonds. The number of carbonyl (C=O) groups is 3. The van der Waals surface area contributed by atoms with Crippen LogP contribution < -0.4 is 10.2 Å². The predicted octanol–water partition coefficient (Wildman–Crippen LogP) is 7.84. The molecule has 4 aliphatic rings. The lowest BCUT2D eigenvalue weighted by atomic mass is 9.65. The van der Waals surface area contributed by atoms with Crippen LogP contribution in [0.4, 0.5) is 11.4 Å². The summed E-state index contributed by atoms with van der Waals surface area (Å²) in [7, 11) is 0. The van der Waals surface area contributed by atoms with Crippen molar-refractivity contribution in [1.29, 1.82) is 0 Å². The van der Waals surface area contributed by atoms with Gasteiger partial charge in [-0.05, 0) is 36.8 Å². The summed E-state index contributed by atoms with van der Waals surface area (Å²) in [5.74, 6) is -0.575. The van der Waals surface area contributed by atoms with Crippen LogP contribution in [-0.2, 0) is 10.2 Å². The van der Waals surface area contributed by atoms with Gasteiger partial charge in [0.2, 0.25) is 5.91 Å². The molecule has 0 bridgehead atoms. The van der Waals surface area contributed by atoms with Gasteiger partial charge in [0.25, 0.3) is 0 Å². The number of nitrogens with one attached hydrogen (secondary N) is 1. The molecule has 5 aromatic rings. The van der Waals surface area contributed by atoms with E-state index in [9.17, 15) is 14.4 Å². The van der Waals surface area contributed by atoms with E-state index in [2.05, 4.69) is 26.4 Å². The Morgan fingerprint density at radius 2 is 1.30 bits per heavy atom. The first kappa shape index (κ1) is 26.8. The Balaban J connectivity index is 1.41. The molecule has 0 radical (unpaired) electrons. The molecule has 8 heteroatoms. The lowest BCUT2D eigenvalue weighted by Crippen LogP contribution is -2.47. The van der Waals surface area contributed by atoms with Gasteiger partial charge in [0, 0.05) is 49.1 Å². The third-order valence-electron chi connectivity index (χ3n) is 9.30. The van der Waals surface area contributed by atoms with Gasteiger partial charge in [-0.1, -0.05) is 106 Å². The van der Waals surface area contributed by atoms with E-state index in [1.54, 1.807) is 12.1 Å². The molecule has 4 aromatic carbocycles. The fourth-order valence-electron chi connectivity index (χ4n) is 7.44. The number of hydrogen-bond donors (Lipinski definition) is 1. The zero-order chi connectivity index (χ0) is 31.3. The van der Waals surface area contributed by atoms with Gasteiger partial charge >= 0.3 is 0 Å². The van der Waals surface area contributed by atoms with E-state index in [1.165, 1.54) is 0 Å². The van der Waals surface area contributed by atoms with Gasteiger partial charge in [0.1, 0.15) is 16.8 Å². The largest absolute Gasteiger partial charge is 0.354 e. The average molecular weight is 665 g/mol. The second-order valence-corrected chi connectivity index (χ2v) is 12.5. The molecule has 0 saturated carbocycles. The minimum Gasteiger partial charge on any atom is -0.354 e. The summed E-state index contributed by atoms with van der Waals surface area (Å²) >= 11 is 3.61. The molecule has 220 valence electrons. The summed E-state index contributed by atoms with van der Waals surface area (Å²) < 4.78 is 6.86. The summed E-state index contributed by atoms with van der Waals surface area (Å²) in [6, 6.07) is 29.8. The second-order valence-electron chi connectivity index (χ2n) is 11.6. The number of rotatable bonds is 3. The smallest absolute Gasteiger partial charge is 0.244 e. The number of para-hydroxylation sites is 1. The first-order valence-corrected chi connectivity index (χ1v) is 15.6. The van der Waals surface area contributed by atoms with Crippen LogP contribution in [0.2, 0.25) is 0 Å². The van der Waals surface area contributed by atoms with E-state index in [1.807, 2.05) is 109 Å². The zero-order valence-corrected chi connectivity index (χ0v) is 25.9. The van der Waals surface area contributed by atoms with Crippen LogP contribution in [-0.4, -0.2) is 22.6 Å². The number of Topliss-reactive ketones (excluding diaryl/α,β-unsaturated/α-hetero) is 2. The number of halogens is 1. The molecule has 1 spiro atoms. The lowest BCUT2D eigenvalue weighted by molar-refractivity contribution is -0.118. The minimum atomic E-state index is -1.67. The Labute approximate surface area is 271 Å². The van der Waals surface area contributed by atoms with E-state index in [4.69, 9.17) is 4.52 Å². The Bertz CT molecular complexity index is 2260. The van der Waals surface area contributed by atoms with Crippen LogP contribution in [0.25, 0.3) is 23.5 Å². The van der Waals surface area contributed by atoms with Crippen molar-refractivity contribution in [2.45, 2.75) is 12.3 Å². The predicted molar refractivity (Wildman–Crippen MR) is 179 cm³/mol. The summed E-state index contributed by atoms with van der Waals surface area (Å²) in [5, 5.41) is 7.39. The molecule has 0 fully saturated rings.